The summed E-state index contributed by atoms with van der Waals surface area (Å²) < 4.78 is 12.9. The molecule has 3 amide bonds. The number of ether oxygens (including phenoxy) is 2. The molecule has 2 aromatic heterocycles. The van der Waals surface area contributed by atoms with Crippen LogP contribution in [0, 0.1) is 0 Å². The minimum Gasteiger partial charge on any atom is -0.496 e. The average Bonchev–Trinajstić information content (AvgIpc) is 3.38. The molecule has 0 aliphatic heterocycles. The van der Waals surface area contributed by atoms with E-state index < -0.39 is 17.7 Å². The molecule has 2 aromatic carbocycles. The molecule has 246 valence electrons. The van der Waals surface area contributed by atoms with Crippen molar-refractivity contribution >= 4 is 65.5 Å². The maximum atomic E-state index is 12.5. The quantitative estimate of drug-likeness (QED) is 0.136. The summed E-state index contributed by atoms with van der Waals surface area (Å²) in [6, 6.07) is 14.6. The van der Waals surface area contributed by atoms with Crippen molar-refractivity contribution in [1.82, 2.24) is 24.1 Å². The van der Waals surface area contributed by atoms with Crippen LogP contribution in [0.4, 0.5) is 15.3 Å². The third kappa shape index (κ3) is 10.1. The molecule has 0 saturated heterocycles. The Morgan fingerprint density at radius 3 is 2.37 bits per heavy atom. The van der Waals surface area contributed by atoms with Gasteiger partial charge in [0, 0.05) is 90.5 Å². The summed E-state index contributed by atoms with van der Waals surface area (Å²) in [7, 11) is 10.8. The van der Waals surface area contributed by atoms with Gasteiger partial charge in [-0.25, -0.2) is 14.6 Å². The summed E-state index contributed by atoms with van der Waals surface area (Å²) in [5, 5.41) is 6.35. The van der Waals surface area contributed by atoms with Gasteiger partial charge in [-0.3, -0.25) is 8.77 Å². The lowest BCUT2D eigenvalue weighted by Crippen LogP contribution is -2.40. The smallest absolute Gasteiger partial charge is 0.410 e. The minimum absolute atomic E-state index is 0.200. The van der Waals surface area contributed by atoms with E-state index in [0.717, 1.165) is 39.0 Å². The highest BCUT2D eigenvalue weighted by molar-refractivity contribution is 14.2. The lowest BCUT2D eigenvalue weighted by atomic mass is 10.00. The maximum absolute atomic E-state index is 12.5. The van der Waals surface area contributed by atoms with Gasteiger partial charge in [-0.05, 0) is 71.7 Å². The molecular formula is C33H41IN6O5S. The predicted molar refractivity (Wildman–Crippen MR) is 195 cm³/mol. The number of benzene rings is 2. The fraction of sp³-hybridized carbons (Fsp3) is 0.333. The fourth-order valence-electron chi connectivity index (χ4n) is 4.26. The zero-order valence-electron chi connectivity index (χ0n) is 27.4. The highest BCUT2D eigenvalue weighted by Gasteiger charge is 2.20. The first-order valence-electron chi connectivity index (χ1n) is 14.4. The number of hydrogen-bond donors (Lipinski definition) is 2. The van der Waals surface area contributed by atoms with Crippen LogP contribution in [0.5, 0.6) is 5.75 Å². The van der Waals surface area contributed by atoms with Crippen molar-refractivity contribution < 1.29 is 23.9 Å². The van der Waals surface area contributed by atoms with Gasteiger partial charge in [0.15, 0.2) is 11.9 Å². The van der Waals surface area contributed by atoms with Gasteiger partial charge in [0.2, 0.25) is 0 Å². The van der Waals surface area contributed by atoms with Gasteiger partial charge in [0.25, 0.3) is 0 Å². The first-order valence-corrected chi connectivity index (χ1v) is 17.7. The Kier molecular flexibility index (Phi) is 13.3. The van der Waals surface area contributed by atoms with Gasteiger partial charge in [-0.1, -0.05) is 24.3 Å². The topological polar surface area (TPSA) is 118 Å². The number of nitrogens with one attached hydrogen (secondary N) is 2. The number of carbonyl (C=O) groups excluding carboxylic acids is 3. The number of amides is 3. The molecule has 0 unspecified atom stereocenters. The normalized spacial score (nSPS) is 11.0. The van der Waals surface area contributed by atoms with Crippen LogP contribution in [-0.2, 0) is 4.74 Å². The first-order chi connectivity index (χ1) is 21.8. The lowest BCUT2D eigenvalue weighted by molar-refractivity contribution is 0.0301. The molecule has 0 saturated carbocycles. The van der Waals surface area contributed by atoms with Gasteiger partial charge < -0.3 is 29.9 Å². The number of aromatic nitrogens is 2. The van der Waals surface area contributed by atoms with Crippen molar-refractivity contribution in [3.63, 3.8) is 0 Å². The number of aldehydes is 1. The van der Waals surface area contributed by atoms with Crippen LogP contribution in [0.15, 0.2) is 60.9 Å². The number of rotatable bonds is 9. The number of nitrogens with zero attached hydrogens (tertiary/aromatic N) is 4. The van der Waals surface area contributed by atoms with E-state index in [0.29, 0.717) is 17.5 Å². The highest BCUT2D eigenvalue weighted by atomic mass is 127. The third-order valence-corrected chi connectivity index (χ3v) is 7.98. The molecule has 0 aliphatic rings. The van der Waals surface area contributed by atoms with Gasteiger partial charge in [0.1, 0.15) is 11.4 Å². The van der Waals surface area contributed by atoms with Gasteiger partial charge >= 0.3 is 12.1 Å². The number of pyridine rings is 1. The van der Waals surface area contributed by atoms with E-state index in [1.165, 1.54) is 14.0 Å². The van der Waals surface area contributed by atoms with Crippen molar-refractivity contribution in [2.75, 3.05) is 53.7 Å². The van der Waals surface area contributed by atoms with E-state index in [9.17, 15) is 14.4 Å². The first kappa shape index (κ1) is 36.6. The molecule has 2 N–H and O–H groups in total. The highest BCUT2D eigenvalue weighted by Crippen LogP contribution is 2.39. The Hall–Kier alpha value is -3.82. The minimum atomic E-state index is -0.605. The Bertz CT molecular complexity index is 1670. The molecule has 4 aromatic rings. The largest absolute Gasteiger partial charge is 0.496 e. The number of anilines is 1. The second-order valence-corrected chi connectivity index (χ2v) is 13.5. The molecule has 0 aliphatic carbocycles. The molecule has 46 heavy (non-hydrogen) atoms. The number of urea groups is 1. The summed E-state index contributed by atoms with van der Waals surface area (Å²) in [5.74, 6) is 0.758. The summed E-state index contributed by atoms with van der Waals surface area (Å²) in [6.07, 6.45) is 4.02. The van der Waals surface area contributed by atoms with Crippen molar-refractivity contribution in [2.24, 2.45) is 0 Å². The molecule has 0 bridgehead atoms. The molecule has 0 spiro atoms. The second kappa shape index (κ2) is 16.7. The number of para-hydroxylation sites is 1. The standard InChI is InChI=1S/C30H32IN5O5S.C3H9N/c1-30(2,3)41-29(39)35(4)13-12-32-28(38)34-25-11-10-19(14-21(25)18-37)20-15-23-24(17-36(42-31)27(23)33-16-20)22-8-6-7-9-26(22)40-5;1-4(2)3/h6-11,14-18H,12-13H2,1-5H3,(H2,32,34,38);1-3H3. The Balaban J connectivity index is 0.00000136. The van der Waals surface area contributed by atoms with Crippen LogP contribution >= 0.6 is 30.3 Å². The summed E-state index contributed by atoms with van der Waals surface area (Å²) in [4.78, 5) is 44.7. The van der Waals surface area contributed by atoms with E-state index >= 15 is 0 Å². The molecular weight excluding hydrogens is 719 g/mol. The molecule has 2 heterocycles. The summed E-state index contributed by atoms with van der Waals surface area (Å²) in [6.45, 7) is 5.82. The monoisotopic (exact) mass is 760 g/mol. The summed E-state index contributed by atoms with van der Waals surface area (Å²) >= 11 is 2.22. The van der Waals surface area contributed by atoms with Crippen LogP contribution in [0.3, 0.4) is 0 Å². The zero-order chi connectivity index (χ0) is 34.0. The Morgan fingerprint density at radius 2 is 1.74 bits per heavy atom. The third-order valence-electron chi connectivity index (χ3n) is 6.28. The SMILES string of the molecule is CN(C)C.COc1ccccc1-c1cn(SI)c2ncc(-c3ccc(NC(=O)NCCN(C)C(=O)OC(C)(C)C)c(C=O)c3)cc12. The average molecular weight is 761 g/mol. The van der Waals surface area contributed by atoms with Crippen molar-refractivity contribution in [3.05, 3.63) is 66.5 Å². The molecule has 0 atom stereocenters. The number of methoxy groups -OCH3 is 1. The number of fused-ring (bicyclic) bond motifs is 1. The van der Waals surface area contributed by atoms with Crippen LogP contribution in [0.2, 0.25) is 0 Å². The number of halogens is 1. The van der Waals surface area contributed by atoms with Crippen molar-refractivity contribution in [1.29, 1.82) is 0 Å². The number of carbonyl (C=O) groups is 3. The molecule has 0 radical (unpaired) electrons. The van der Waals surface area contributed by atoms with Crippen LogP contribution in [0.1, 0.15) is 31.1 Å². The molecule has 11 nitrogen and oxygen atoms in total. The van der Waals surface area contributed by atoms with Gasteiger partial charge in [-0.15, -0.1) is 0 Å². The van der Waals surface area contributed by atoms with E-state index in [2.05, 4.69) is 31.8 Å². The Labute approximate surface area is 286 Å². The van der Waals surface area contributed by atoms with Crippen LogP contribution in [-0.4, -0.2) is 91.2 Å². The zero-order valence-corrected chi connectivity index (χ0v) is 30.4. The lowest BCUT2D eigenvalue weighted by Gasteiger charge is -2.24. The van der Waals surface area contributed by atoms with E-state index in [1.807, 2.05) is 72.6 Å². The van der Waals surface area contributed by atoms with Crippen molar-refractivity contribution in [2.45, 2.75) is 26.4 Å². The molecule has 0 fully saturated rings. The second-order valence-electron chi connectivity index (χ2n) is 11.8. The van der Waals surface area contributed by atoms with E-state index in [4.69, 9.17) is 14.5 Å². The van der Waals surface area contributed by atoms with Crippen LogP contribution < -0.4 is 15.4 Å². The Morgan fingerprint density at radius 1 is 1.04 bits per heavy atom. The summed E-state index contributed by atoms with van der Waals surface area (Å²) in [5.41, 5.74) is 4.40. The predicted octanol–water partition coefficient (Wildman–Crippen LogP) is 7.20. The fourth-order valence-corrected chi connectivity index (χ4v) is 5.52. The van der Waals surface area contributed by atoms with E-state index in [1.54, 1.807) is 53.3 Å². The van der Waals surface area contributed by atoms with E-state index in [-0.39, 0.29) is 13.1 Å². The molecule has 13 heteroatoms. The number of hydrogen-bond acceptors (Lipinski definition) is 8. The van der Waals surface area contributed by atoms with Crippen molar-refractivity contribution in [3.8, 4) is 28.0 Å². The molecule has 4 rings (SSSR count). The van der Waals surface area contributed by atoms with Crippen LogP contribution in [0.25, 0.3) is 33.3 Å². The van der Waals surface area contributed by atoms with Gasteiger partial charge in [-0.2, -0.15) is 0 Å². The van der Waals surface area contributed by atoms with Gasteiger partial charge in [0.05, 0.1) is 12.8 Å². The maximum Gasteiger partial charge on any atom is 0.410 e. The number of likely N-dealkylation sites (N-methyl/N-ethyl adjacent to an activating group) is 1.